The summed E-state index contributed by atoms with van der Waals surface area (Å²) < 4.78 is 27.2. The standard InChI is InChI=1S/C26H30N6O6/c1-34-20-15-18(16-21(35-2)22(20)36-3)27-25-28-23(29-26(30-25)32-10-13-37-14-11-32)17-6-8-31(9-7-17)24(33)19-5-4-12-38-19/h4-6,12,15-16H,7-11,13-14H2,1-3H3,(H,27,28,29,30). The average molecular weight is 523 g/mol. The maximum Gasteiger partial charge on any atom is 0.289 e. The van der Waals surface area contributed by atoms with Crippen LogP contribution in [0.25, 0.3) is 5.57 Å². The normalized spacial score (nSPS) is 15.6. The van der Waals surface area contributed by atoms with E-state index >= 15 is 0 Å². The first kappa shape index (κ1) is 25.3. The van der Waals surface area contributed by atoms with Crippen LogP contribution in [0.2, 0.25) is 0 Å². The molecule has 12 nitrogen and oxygen atoms in total. The number of rotatable bonds is 8. The molecule has 1 N–H and O–H groups in total. The number of hydrogen-bond donors (Lipinski definition) is 1. The number of nitrogens with zero attached hydrogens (tertiary/aromatic N) is 5. The number of carbonyl (C=O) groups is 1. The van der Waals surface area contributed by atoms with Crippen molar-refractivity contribution in [2.45, 2.75) is 6.42 Å². The molecule has 1 amide bonds. The molecule has 0 aliphatic carbocycles. The minimum atomic E-state index is -0.139. The fourth-order valence-corrected chi connectivity index (χ4v) is 4.36. The van der Waals surface area contributed by atoms with E-state index in [0.29, 0.717) is 92.2 Å². The third-order valence-corrected chi connectivity index (χ3v) is 6.35. The minimum absolute atomic E-state index is 0.139. The highest BCUT2D eigenvalue weighted by molar-refractivity contribution is 5.92. The van der Waals surface area contributed by atoms with Gasteiger partial charge in [0.05, 0.1) is 40.8 Å². The predicted molar refractivity (Wildman–Crippen MR) is 139 cm³/mol. The number of hydrogen-bond acceptors (Lipinski definition) is 11. The number of furan rings is 1. The van der Waals surface area contributed by atoms with E-state index in [9.17, 15) is 4.79 Å². The van der Waals surface area contributed by atoms with Crippen molar-refractivity contribution < 1.29 is 28.2 Å². The summed E-state index contributed by atoms with van der Waals surface area (Å²) in [6.45, 7) is 3.52. The van der Waals surface area contributed by atoms with Crippen LogP contribution in [0.5, 0.6) is 17.2 Å². The Hall–Kier alpha value is -4.32. The van der Waals surface area contributed by atoms with E-state index in [-0.39, 0.29) is 5.91 Å². The predicted octanol–water partition coefficient (Wildman–Crippen LogP) is 3.00. The van der Waals surface area contributed by atoms with Crippen LogP contribution in [0, 0.1) is 0 Å². The van der Waals surface area contributed by atoms with Gasteiger partial charge >= 0.3 is 0 Å². The van der Waals surface area contributed by atoms with Crippen LogP contribution in [0.1, 0.15) is 22.8 Å². The molecule has 2 aliphatic rings. The fourth-order valence-electron chi connectivity index (χ4n) is 4.36. The smallest absolute Gasteiger partial charge is 0.289 e. The number of anilines is 3. The van der Waals surface area contributed by atoms with Gasteiger partial charge in [-0.15, -0.1) is 0 Å². The molecule has 0 unspecified atom stereocenters. The van der Waals surface area contributed by atoms with Gasteiger partial charge in [0, 0.05) is 44.0 Å². The SMILES string of the molecule is COc1cc(Nc2nc(C3=CCN(C(=O)c4ccco4)CC3)nc(N3CCOCC3)n2)cc(OC)c1OC. The summed E-state index contributed by atoms with van der Waals surface area (Å²) >= 11 is 0. The Morgan fingerprint density at radius 2 is 1.76 bits per heavy atom. The number of carbonyl (C=O) groups excluding carboxylic acids is 1. The maximum atomic E-state index is 12.7. The largest absolute Gasteiger partial charge is 0.493 e. The lowest BCUT2D eigenvalue weighted by molar-refractivity contribution is 0.0741. The molecule has 1 saturated heterocycles. The highest BCUT2D eigenvalue weighted by Gasteiger charge is 2.24. The van der Waals surface area contributed by atoms with E-state index in [1.165, 1.54) is 6.26 Å². The van der Waals surface area contributed by atoms with Crippen molar-refractivity contribution in [2.75, 3.05) is 70.9 Å². The number of nitrogens with one attached hydrogen (secondary N) is 1. The van der Waals surface area contributed by atoms with Crippen molar-refractivity contribution in [3.05, 3.63) is 48.2 Å². The van der Waals surface area contributed by atoms with Crippen molar-refractivity contribution in [3.63, 3.8) is 0 Å². The van der Waals surface area contributed by atoms with Gasteiger partial charge in [0.15, 0.2) is 23.1 Å². The van der Waals surface area contributed by atoms with E-state index in [2.05, 4.69) is 10.2 Å². The second-order valence-corrected chi connectivity index (χ2v) is 8.63. The van der Waals surface area contributed by atoms with E-state index in [4.69, 9.17) is 38.3 Å². The molecule has 4 heterocycles. The van der Waals surface area contributed by atoms with Crippen molar-refractivity contribution in [1.82, 2.24) is 19.9 Å². The fraction of sp³-hybridized carbons (Fsp3) is 0.385. The number of morpholine rings is 1. The van der Waals surface area contributed by atoms with Crippen LogP contribution in [0.3, 0.4) is 0 Å². The molecule has 38 heavy (non-hydrogen) atoms. The van der Waals surface area contributed by atoms with Gasteiger partial charge < -0.3 is 38.5 Å². The summed E-state index contributed by atoms with van der Waals surface area (Å²) in [5.74, 6) is 3.19. The highest BCUT2D eigenvalue weighted by Crippen LogP contribution is 2.40. The Balaban J connectivity index is 1.45. The quantitative estimate of drug-likeness (QED) is 0.469. The lowest BCUT2D eigenvalue weighted by Crippen LogP contribution is -2.38. The Labute approximate surface area is 220 Å². The molecule has 2 aliphatic heterocycles. The van der Waals surface area contributed by atoms with E-state index < -0.39 is 0 Å². The second-order valence-electron chi connectivity index (χ2n) is 8.63. The topological polar surface area (TPSA) is 124 Å². The van der Waals surface area contributed by atoms with E-state index in [1.807, 2.05) is 6.08 Å². The van der Waals surface area contributed by atoms with Crippen LogP contribution < -0.4 is 24.4 Å². The molecule has 0 bridgehead atoms. The first-order chi connectivity index (χ1) is 18.6. The van der Waals surface area contributed by atoms with Crippen molar-refractivity contribution in [3.8, 4) is 17.2 Å². The lowest BCUT2D eigenvalue weighted by atomic mass is 10.1. The zero-order valence-electron chi connectivity index (χ0n) is 21.6. The summed E-state index contributed by atoms with van der Waals surface area (Å²) in [4.78, 5) is 30.7. The summed E-state index contributed by atoms with van der Waals surface area (Å²) in [5.41, 5.74) is 1.61. The third kappa shape index (κ3) is 5.35. The van der Waals surface area contributed by atoms with E-state index in [1.54, 1.807) is 50.5 Å². The van der Waals surface area contributed by atoms with Crippen LogP contribution in [0.4, 0.5) is 17.6 Å². The van der Waals surface area contributed by atoms with Gasteiger partial charge in [-0.1, -0.05) is 6.08 Å². The molecule has 200 valence electrons. The first-order valence-electron chi connectivity index (χ1n) is 12.3. The van der Waals surface area contributed by atoms with Crippen LogP contribution in [-0.2, 0) is 4.74 Å². The molecule has 0 radical (unpaired) electrons. The molecular weight excluding hydrogens is 492 g/mol. The van der Waals surface area contributed by atoms with Crippen molar-refractivity contribution in [1.29, 1.82) is 0 Å². The van der Waals surface area contributed by atoms with Crippen molar-refractivity contribution >= 4 is 29.1 Å². The Bertz CT molecular complexity index is 1280. The highest BCUT2D eigenvalue weighted by atomic mass is 16.5. The molecule has 5 rings (SSSR count). The minimum Gasteiger partial charge on any atom is -0.493 e. The molecule has 3 aromatic rings. The third-order valence-electron chi connectivity index (χ3n) is 6.35. The molecule has 0 spiro atoms. The van der Waals surface area contributed by atoms with Gasteiger partial charge in [-0.2, -0.15) is 15.0 Å². The van der Waals surface area contributed by atoms with Crippen LogP contribution >= 0.6 is 0 Å². The summed E-state index contributed by atoms with van der Waals surface area (Å²) in [6.07, 6.45) is 4.08. The number of benzene rings is 1. The number of methoxy groups -OCH3 is 3. The number of ether oxygens (including phenoxy) is 4. The second kappa shape index (κ2) is 11.4. The number of aromatic nitrogens is 3. The summed E-state index contributed by atoms with van der Waals surface area (Å²) in [6, 6.07) is 6.96. The van der Waals surface area contributed by atoms with Gasteiger partial charge in [-0.05, 0) is 24.1 Å². The maximum absolute atomic E-state index is 12.7. The van der Waals surface area contributed by atoms with Crippen LogP contribution in [0.15, 0.2) is 41.0 Å². The lowest BCUT2D eigenvalue weighted by Gasteiger charge is -2.28. The van der Waals surface area contributed by atoms with E-state index in [0.717, 1.165) is 5.57 Å². The van der Waals surface area contributed by atoms with Gasteiger partial charge in [0.2, 0.25) is 17.6 Å². The summed E-state index contributed by atoms with van der Waals surface area (Å²) in [7, 11) is 4.68. The zero-order chi connectivity index (χ0) is 26.5. The average Bonchev–Trinajstić information content (AvgIpc) is 3.52. The van der Waals surface area contributed by atoms with Crippen molar-refractivity contribution in [2.24, 2.45) is 0 Å². The first-order valence-corrected chi connectivity index (χ1v) is 12.3. The molecule has 0 saturated carbocycles. The van der Waals surface area contributed by atoms with Gasteiger partial charge in [0.1, 0.15) is 0 Å². The Morgan fingerprint density at radius 3 is 2.37 bits per heavy atom. The molecule has 1 fully saturated rings. The molecular formula is C26H30N6O6. The Morgan fingerprint density at radius 1 is 1.00 bits per heavy atom. The monoisotopic (exact) mass is 522 g/mol. The number of amides is 1. The molecule has 12 heteroatoms. The zero-order valence-corrected chi connectivity index (χ0v) is 21.6. The molecule has 2 aromatic heterocycles. The molecule has 1 aromatic carbocycles. The van der Waals surface area contributed by atoms with Gasteiger partial charge in [0.25, 0.3) is 5.91 Å². The summed E-state index contributed by atoms with van der Waals surface area (Å²) in [5, 5.41) is 3.27. The van der Waals surface area contributed by atoms with Gasteiger partial charge in [-0.3, -0.25) is 4.79 Å². The van der Waals surface area contributed by atoms with Gasteiger partial charge in [-0.25, -0.2) is 0 Å². The Kier molecular flexibility index (Phi) is 7.59. The molecule has 0 atom stereocenters. The van der Waals surface area contributed by atoms with Crippen LogP contribution in [-0.4, -0.2) is 86.5 Å².